The number of hydrogen-bond acceptors (Lipinski definition) is 9. The molecule has 35 heavy (non-hydrogen) atoms. The van der Waals surface area contributed by atoms with Gasteiger partial charge in [-0.2, -0.15) is 13.2 Å². The molecule has 2 aromatic rings. The minimum absolute atomic E-state index is 0.0814. The van der Waals surface area contributed by atoms with E-state index < -0.39 is 40.5 Å². The van der Waals surface area contributed by atoms with Gasteiger partial charge in [0.05, 0.1) is 18.6 Å². The van der Waals surface area contributed by atoms with Gasteiger partial charge in [0.1, 0.15) is 0 Å². The Hall–Kier alpha value is -3.66. The van der Waals surface area contributed by atoms with Crippen molar-refractivity contribution >= 4 is 33.5 Å². The van der Waals surface area contributed by atoms with E-state index in [2.05, 4.69) is 29.7 Å². The molecule has 1 heterocycles. The fraction of sp³-hybridized carbons (Fsp3) is 0.368. The fourth-order valence-electron chi connectivity index (χ4n) is 2.58. The Kier molecular flexibility index (Phi) is 8.81. The fourth-order valence-corrected chi connectivity index (χ4v) is 3.58. The second-order valence-electron chi connectivity index (χ2n) is 6.50. The average Bonchev–Trinajstić information content (AvgIpc) is 2.78. The van der Waals surface area contributed by atoms with Crippen molar-refractivity contribution in [1.82, 2.24) is 15.5 Å². The van der Waals surface area contributed by atoms with Gasteiger partial charge in [-0.3, -0.25) is 10.0 Å². The molecule has 16 heteroatoms. The molecule has 0 aliphatic rings. The molecule has 0 radical (unpaired) electrons. The standard InChI is InChI=1S/C19H22F3N5O7S/c1-4-33-16(28)18(34-5-2,19(20,21)22)24-17(29)23-12-6-8-13(9-7-12)35(30,31)27-14-10-11-15(32-3)26-25-14/h6-11H,4-5H2,1-3H3,(H,25,27)(H2,23,24,29)/t18-/m0/s1. The van der Waals surface area contributed by atoms with Crippen molar-refractivity contribution in [3.8, 4) is 5.88 Å². The molecule has 0 aliphatic heterocycles. The number of nitrogens with one attached hydrogen (secondary N) is 3. The predicted molar refractivity (Wildman–Crippen MR) is 115 cm³/mol. The van der Waals surface area contributed by atoms with Crippen LogP contribution in [-0.4, -0.2) is 62.8 Å². The first-order valence-electron chi connectivity index (χ1n) is 9.86. The molecule has 1 atom stereocenters. The molecule has 0 bridgehead atoms. The molecule has 2 amide bonds. The van der Waals surface area contributed by atoms with E-state index in [0.29, 0.717) is 0 Å². The maximum absolute atomic E-state index is 13.7. The minimum Gasteiger partial charge on any atom is -0.480 e. The van der Waals surface area contributed by atoms with Gasteiger partial charge < -0.3 is 19.5 Å². The van der Waals surface area contributed by atoms with Gasteiger partial charge in [-0.25, -0.2) is 18.0 Å². The third-order valence-electron chi connectivity index (χ3n) is 4.12. The molecule has 0 spiro atoms. The number of carbonyl (C=O) groups is 2. The summed E-state index contributed by atoms with van der Waals surface area (Å²) in [6.45, 7) is 1.52. The first-order chi connectivity index (χ1) is 16.4. The largest absolute Gasteiger partial charge is 0.480 e. The highest BCUT2D eigenvalue weighted by Crippen LogP contribution is 2.33. The monoisotopic (exact) mass is 521 g/mol. The Morgan fingerprint density at radius 2 is 1.66 bits per heavy atom. The van der Waals surface area contributed by atoms with Gasteiger partial charge in [-0.05, 0) is 44.2 Å². The predicted octanol–water partition coefficient (Wildman–Crippen LogP) is 2.27. The normalized spacial score (nSPS) is 13.3. The van der Waals surface area contributed by atoms with Gasteiger partial charge >= 0.3 is 23.9 Å². The van der Waals surface area contributed by atoms with Crippen LogP contribution in [0.5, 0.6) is 5.88 Å². The van der Waals surface area contributed by atoms with Crippen LogP contribution in [0, 0.1) is 0 Å². The number of carbonyl (C=O) groups excluding carboxylic acids is 2. The zero-order valence-electron chi connectivity index (χ0n) is 18.7. The molecule has 1 aromatic heterocycles. The Morgan fingerprint density at radius 1 is 1.00 bits per heavy atom. The van der Waals surface area contributed by atoms with Gasteiger partial charge in [0.2, 0.25) is 5.88 Å². The summed E-state index contributed by atoms with van der Waals surface area (Å²) >= 11 is 0. The first kappa shape index (κ1) is 27.6. The van der Waals surface area contributed by atoms with Crippen LogP contribution in [-0.2, 0) is 24.3 Å². The van der Waals surface area contributed by atoms with Crippen LogP contribution in [0.4, 0.5) is 29.5 Å². The van der Waals surface area contributed by atoms with Crippen molar-refractivity contribution < 1.29 is 45.4 Å². The van der Waals surface area contributed by atoms with Crippen molar-refractivity contribution in [3.05, 3.63) is 36.4 Å². The summed E-state index contributed by atoms with van der Waals surface area (Å²) in [5.41, 5.74) is -3.82. The summed E-state index contributed by atoms with van der Waals surface area (Å²) in [4.78, 5) is 24.1. The van der Waals surface area contributed by atoms with Gasteiger partial charge in [-0.1, -0.05) is 0 Å². The third-order valence-corrected chi connectivity index (χ3v) is 5.49. The van der Waals surface area contributed by atoms with Crippen LogP contribution in [0.1, 0.15) is 13.8 Å². The maximum atomic E-state index is 13.7. The van der Waals surface area contributed by atoms with Gasteiger partial charge in [-0.15, -0.1) is 10.2 Å². The SMILES string of the molecule is CCOC(=O)[C@](NC(=O)Nc1ccc(S(=O)(=O)Nc2ccc(OC)nn2)cc1)(OCC)C(F)(F)F. The lowest BCUT2D eigenvalue weighted by Crippen LogP contribution is -2.67. The smallest absolute Gasteiger partial charge is 0.448 e. The quantitative estimate of drug-likeness (QED) is 0.315. The average molecular weight is 521 g/mol. The number of methoxy groups -OCH3 is 1. The number of rotatable bonds is 10. The Labute approximate surface area is 198 Å². The number of benzene rings is 1. The van der Waals surface area contributed by atoms with E-state index in [1.807, 2.05) is 0 Å². The lowest BCUT2D eigenvalue weighted by atomic mass is 10.2. The highest BCUT2D eigenvalue weighted by molar-refractivity contribution is 7.92. The van der Waals surface area contributed by atoms with E-state index in [-0.39, 0.29) is 28.9 Å². The molecule has 192 valence electrons. The Balaban J connectivity index is 2.16. The number of esters is 1. The summed E-state index contributed by atoms with van der Waals surface area (Å²) in [6.07, 6.45) is -5.35. The molecule has 12 nitrogen and oxygen atoms in total. The summed E-state index contributed by atoms with van der Waals surface area (Å²) in [5.74, 6) is -1.77. The number of urea groups is 1. The van der Waals surface area contributed by atoms with Crippen molar-refractivity contribution in [2.24, 2.45) is 0 Å². The van der Waals surface area contributed by atoms with Crippen molar-refractivity contribution in [1.29, 1.82) is 0 Å². The van der Waals surface area contributed by atoms with Crippen LogP contribution in [0.3, 0.4) is 0 Å². The van der Waals surface area contributed by atoms with Crippen molar-refractivity contribution in [2.45, 2.75) is 30.6 Å². The van der Waals surface area contributed by atoms with Crippen LogP contribution in [0.15, 0.2) is 41.3 Å². The lowest BCUT2D eigenvalue weighted by Gasteiger charge is -2.33. The molecular formula is C19H22F3N5O7S. The summed E-state index contributed by atoms with van der Waals surface area (Å²) in [7, 11) is -2.74. The van der Waals surface area contributed by atoms with E-state index in [0.717, 1.165) is 24.3 Å². The van der Waals surface area contributed by atoms with Crippen molar-refractivity contribution in [2.75, 3.05) is 30.4 Å². The highest BCUT2D eigenvalue weighted by Gasteiger charge is 2.64. The first-order valence-corrected chi connectivity index (χ1v) is 11.3. The topological polar surface area (TPSA) is 158 Å². The number of amides is 2. The summed E-state index contributed by atoms with van der Waals surface area (Å²) in [5, 5.41) is 10.8. The number of halogens is 3. The third kappa shape index (κ3) is 6.69. The van der Waals surface area contributed by atoms with Crippen LogP contribution < -0.4 is 20.1 Å². The van der Waals surface area contributed by atoms with Crippen molar-refractivity contribution in [3.63, 3.8) is 0 Å². The number of hydrogen-bond donors (Lipinski definition) is 3. The molecular weight excluding hydrogens is 499 g/mol. The van der Waals surface area contributed by atoms with E-state index in [9.17, 15) is 31.2 Å². The Bertz CT molecular complexity index is 1130. The molecule has 0 unspecified atom stereocenters. The number of ether oxygens (including phenoxy) is 3. The van der Waals surface area contributed by atoms with Crippen LogP contribution >= 0.6 is 0 Å². The highest BCUT2D eigenvalue weighted by atomic mass is 32.2. The molecule has 0 aliphatic carbocycles. The number of nitrogens with zero attached hydrogens (tertiary/aromatic N) is 2. The number of aromatic nitrogens is 2. The Morgan fingerprint density at radius 3 is 2.14 bits per heavy atom. The number of alkyl halides is 3. The second kappa shape index (κ2) is 11.2. The van der Waals surface area contributed by atoms with Gasteiger partial charge in [0.25, 0.3) is 10.0 Å². The molecule has 2 rings (SSSR count). The van der Waals surface area contributed by atoms with E-state index >= 15 is 0 Å². The van der Waals surface area contributed by atoms with Crippen LogP contribution in [0.25, 0.3) is 0 Å². The minimum atomic E-state index is -5.35. The zero-order chi connectivity index (χ0) is 26.3. The van der Waals surface area contributed by atoms with Crippen LogP contribution in [0.2, 0.25) is 0 Å². The maximum Gasteiger partial charge on any atom is 0.448 e. The number of anilines is 2. The summed E-state index contributed by atoms with van der Waals surface area (Å²) < 4.78 is 82.1. The summed E-state index contributed by atoms with van der Waals surface area (Å²) in [6, 6.07) is 5.65. The van der Waals surface area contributed by atoms with Gasteiger partial charge in [0, 0.05) is 18.4 Å². The lowest BCUT2D eigenvalue weighted by molar-refractivity contribution is -0.282. The second-order valence-corrected chi connectivity index (χ2v) is 8.18. The van der Waals surface area contributed by atoms with E-state index in [1.165, 1.54) is 38.4 Å². The van der Waals surface area contributed by atoms with Gasteiger partial charge in [0.15, 0.2) is 5.82 Å². The van der Waals surface area contributed by atoms with E-state index in [4.69, 9.17) is 4.74 Å². The molecule has 1 aromatic carbocycles. The molecule has 0 fully saturated rings. The number of sulfonamides is 1. The zero-order valence-corrected chi connectivity index (χ0v) is 19.5. The molecule has 3 N–H and O–H groups in total. The molecule has 0 saturated carbocycles. The molecule has 0 saturated heterocycles. The van der Waals surface area contributed by atoms with E-state index in [1.54, 1.807) is 0 Å².